The quantitative estimate of drug-likeness (QED) is 0.677. The zero-order chi connectivity index (χ0) is 19.5. The Labute approximate surface area is 167 Å². The second-order valence-electron chi connectivity index (χ2n) is 6.38. The number of para-hydroxylation sites is 2. The highest BCUT2D eigenvalue weighted by Crippen LogP contribution is 2.34. The first-order valence-corrected chi connectivity index (χ1v) is 9.75. The molecule has 2 heterocycles. The third-order valence-electron chi connectivity index (χ3n) is 4.55. The van der Waals surface area contributed by atoms with Gasteiger partial charge in [0.05, 0.1) is 29.3 Å². The number of rotatable bonds is 3. The lowest BCUT2D eigenvalue weighted by Crippen LogP contribution is -2.36. The van der Waals surface area contributed by atoms with Gasteiger partial charge >= 0.3 is 0 Å². The van der Waals surface area contributed by atoms with Crippen LogP contribution in [-0.4, -0.2) is 24.6 Å². The molecule has 0 fully saturated rings. The summed E-state index contributed by atoms with van der Waals surface area (Å²) in [7, 11) is 1.64. The van der Waals surface area contributed by atoms with Crippen LogP contribution in [0.5, 0.6) is 5.75 Å². The van der Waals surface area contributed by atoms with Crippen LogP contribution in [0.3, 0.4) is 0 Å². The van der Waals surface area contributed by atoms with E-state index in [1.807, 2.05) is 66.9 Å². The molecule has 0 bridgehead atoms. The minimum absolute atomic E-state index is 0.167. The van der Waals surface area contributed by atoms with Gasteiger partial charge in [-0.1, -0.05) is 30.3 Å². The lowest BCUT2D eigenvalue weighted by molar-refractivity contribution is 0.0980. The van der Waals surface area contributed by atoms with E-state index in [-0.39, 0.29) is 11.8 Å². The van der Waals surface area contributed by atoms with E-state index in [1.165, 1.54) is 11.3 Å². The molecule has 0 aliphatic carbocycles. The number of ether oxygens (including phenoxy) is 1. The molecular formula is C22H19N3O2S. The molecule has 140 valence electrons. The van der Waals surface area contributed by atoms with E-state index in [4.69, 9.17) is 14.7 Å². The topological polar surface area (TPSA) is 63.1 Å². The number of thiophene rings is 1. The summed E-state index contributed by atoms with van der Waals surface area (Å²) >= 11 is 1.40. The van der Waals surface area contributed by atoms with E-state index in [1.54, 1.807) is 13.2 Å². The van der Waals surface area contributed by atoms with Crippen molar-refractivity contribution in [2.24, 2.45) is 9.98 Å². The molecule has 3 aromatic rings. The van der Waals surface area contributed by atoms with Crippen LogP contribution in [0, 0.1) is 0 Å². The van der Waals surface area contributed by atoms with Gasteiger partial charge in [0.2, 0.25) is 0 Å². The summed E-state index contributed by atoms with van der Waals surface area (Å²) in [5, 5.41) is 4.90. The molecule has 6 heteroatoms. The first-order valence-electron chi connectivity index (χ1n) is 8.87. The monoisotopic (exact) mass is 389 g/mol. The molecule has 0 saturated heterocycles. The number of nitrogens with one attached hydrogen (secondary N) is 1. The van der Waals surface area contributed by atoms with Gasteiger partial charge in [0.15, 0.2) is 0 Å². The highest BCUT2D eigenvalue weighted by Gasteiger charge is 2.27. The second-order valence-corrected chi connectivity index (χ2v) is 7.32. The Balaban J connectivity index is 1.79. The van der Waals surface area contributed by atoms with Gasteiger partial charge < -0.3 is 10.1 Å². The number of hydrogen-bond acceptors (Lipinski definition) is 5. The van der Waals surface area contributed by atoms with Gasteiger partial charge in [0, 0.05) is 5.71 Å². The number of hydrogen-bond donors (Lipinski definition) is 1. The van der Waals surface area contributed by atoms with E-state index in [9.17, 15) is 4.79 Å². The average Bonchev–Trinajstić information content (AvgIpc) is 3.21. The Kier molecular flexibility index (Phi) is 5.04. The van der Waals surface area contributed by atoms with Crippen molar-refractivity contribution in [3.8, 4) is 5.75 Å². The van der Waals surface area contributed by atoms with Gasteiger partial charge in [0.1, 0.15) is 11.6 Å². The van der Waals surface area contributed by atoms with Crippen LogP contribution in [0.15, 0.2) is 76.0 Å². The Morgan fingerprint density at radius 2 is 1.71 bits per heavy atom. The summed E-state index contributed by atoms with van der Waals surface area (Å²) in [6, 6.07) is 19.1. The summed E-state index contributed by atoms with van der Waals surface area (Å²) in [5.41, 5.74) is 3.37. The van der Waals surface area contributed by atoms with Crippen molar-refractivity contribution < 1.29 is 9.53 Å². The van der Waals surface area contributed by atoms with E-state index in [2.05, 4.69) is 5.32 Å². The van der Waals surface area contributed by atoms with Crippen molar-refractivity contribution in [3.63, 3.8) is 0 Å². The molecule has 28 heavy (non-hydrogen) atoms. The van der Waals surface area contributed by atoms with Crippen molar-refractivity contribution >= 4 is 40.2 Å². The minimum Gasteiger partial charge on any atom is -0.497 e. The van der Waals surface area contributed by atoms with E-state index in [0.717, 1.165) is 28.4 Å². The standard InChI is InChI=1S/C22H19N3O2S/c1-14-20(15-9-11-16(27-2)12-10-15)21(25-22(26)19-8-5-13-28-19)24-18-7-4-3-6-17(18)23-14/h3-13,20H,1-2H3,(H,24,25,26). The molecule has 0 spiro atoms. The third kappa shape index (κ3) is 3.59. The largest absolute Gasteiger partial charge is 0.497 e. The van der Waals surface area contributed by atoms with Gasteiger partial charge in [-0.25, -0.2) is 4.99 Å². The van der Waals surface area contributed by atoms with Crippen molar-refractivity contribution in [1.29, 1.82) is 0 Å². The highest BCUT2D eigenvalue weighted by molar-refractivity contribution is 7.12. The van der Waals surface area contributed by atoms with Crippen LogP contribution in [0.1, 0.15) is 28.1 Å². The molecule has 2 aromatic carbocycles. The van der Waals surface area contributed by atoms with Gasteiger partial charge in [-0.3, -0.25) is 9.79 Å². The lowest BCUT2D eigenvalue weighted by Gasteiger charge is -2.19. The average molecular weight is 389 g/mol. The molecule has 1 amide bonds. The molecule has 0 saturated carbocycles. The molecule has 1 aliphatic heterocycles. The van der Waals surface area contributed by atoms with E-state index in [0.29, 0.717) is 10.7 Å². The molecule has 5 nitrogen and oxygen atoms in total. The fraction of sp³-hybridized carbons (Fsp3) is 0.136. The summed E-state index contributed by atoms with van der Waals surface area (Å²) in [5.74, 6) is 0.910. The number of benzene rings is 2. The number of carbonyl (C=O) groups is 1. The van der Waals surface area contributed by atoms with E-state index < -0.39 is 0 Å². The minimum atomic E-state index is -0.262. The summed E-state index contributed by atoms with van der Waals surface area (Å²) in [6.45, 7) is 1.96. The fourth-order valence-electron chi connectivity index (χ4n) is 3.18. The number of aliphatic imine (C=N–C) groups is 2. The predicted octanol–water partition coefficient (Wildman–Crippen LogP) is 5.11. The Morgan fingerprint density at radius 3 is 2.36 bits per heavy atom. The molecule has 1 aromatic heterocycles. The molecule has 1 N–H and O–H groups in total. The van der Waals surface area contributed by atoms with Crippen molar-refractivity contribution in [1.82, 2.24) is 5.32 Å². The smallest absolute Gasteiger partial charge is 0.266 e. The summed E-state index contributed by atoms with van der Waals surface area (Å²) in [4.78, 5) is 22.9. The van der Waals surface area contributed by atoms with Crippen LogP contribution in [0.2, 0.25) is 0 Å². The zero-order valence-corrected chi connectivity index (χ0v) is 16.4. The summed E-state index contributed by atoms with van der Waals surface area (Å²) < 4.78 is 5.27. The number of fused-ring (bicyclic) bond motifs is 1. The molecule has 1 aliphatic rings. The Hall–Kier alpha value is -3.25. The van der Waals surface area contributed by atoms with Gasteiger partial charge in [0.25, 0.3) is 5.91 Å². The first kappa shape index (κ1) is 18.1. The van der Waals surface area contributed by atoms with Crippen molar-refractivity contribution in [3.05, 3.63) is 76.5 Å². The maximum atomic E-state index is 12.7. The number of carbonyl (C=O) groups excluding carboxylic acids is 1. The predicted molar refractivity (Wildman–Crippen MR) is 114 cm³/mol. The van der Waals surface area contributed by atoms with Crippen molar-refractivity contribution in [2.45, 2.75) is 12.8 Å². The van der Waals surface area contributed by atoms with Gasteiger partial charge in [-0.05, 0) is 48.2 Å². The van der Waals surface area contributed by atoms with Crippen LogP contribution < -0.4 is 10.1 Å². The number of amidine groups is 1. The van der Waals surface area contributed by atoms with Crippen LogP contribution in [0.25, 0.3) is 0 Å². The lowest BCUT2D eigenvalue weighted by atomic mass is 9.93. The molecule has 4 rings (SSSR count). The Morgan fingerprint density at radius 1 is 1.00 bits per heavy atom. The molecule has 0 radical (unpaired) electrons. The summed E-state index contributed by atoms with van der Waals surface area (Å²) in [6.07, 6.45) is 0. The molecular weight excluding hydrogens is 370 g/mol. The fourth-order valence-corrected chi connectivity index (χ4v) is 3.80. The maximum Gasteiger partial charge on any atom is 0.266 e. The number of nitrogens with zero attached hydrogens (tertiary/aromatic N) is 2. The number of methoxy groups -OCH3 is 1. The normalized spacial score (nSPS) is 15.7. The van der Waals surface area contributed by atoms with Crippen molar-refractivity contribution in [2.75, 3.05) is 7.11 Å². The SMILES string of the molecule is COc1ccc(C2C(C)=Nc3ccccc3N=C2NC(=O)c2cccs2)cc1. The first-order chi connectivity index (χ1) is 13.7. The van der Waals surface area contributed by atoms with E-state index >= 15 is 0 Å². The number of amides is 1. The highest BCUT2D eigenvalue weighted by atomic mass is 32.1. The van der Waals surface area contributed by atoms with Crippen LogP contribution in [0.4, 0.5) is 11.4 Å². The van der Waals surface area contributed by atoms with Crippen LogP contribution >= 0.6 is 11.3 Å². The Bertz CT molecular complexity index is 1050. The molecule has 1 unspecified atom stereocenters. The second kappa shape index (κ2) is 7.78. The zero-order valence-electron chi connectivity index (χ0n) is 15.5. The van der Waals surface area contributed by atoms with Gasteiger partial charge in [-0.2, -0.15) is 0 Å². The van der Waals surface area contributed by atoms with Crippen LogP contribution in [-0.2, 0) is 0 Å². The maximum absolute atomic E-state index is 12.7. The molecule has 1 atom stereocenters. The van der Waals surface area contributed by atoms with Gasteiger partial charge in [-0.15, -0.1) is 11.3 Å². The third-order valence-corrected chi connectivity index (χ3v) is 5.41.